The van der Waals surface area contributed by atoms with E-state index in [2.05, 4.69) is 35.6 Å². The van der Waals surface area contributed by atoms with Crippen LogP contribution in [0.5, 0.6) is 0 Å². The molecule has 0 saturated heterocycles. The SMILES string of the molecule is CCC(C)C(C)n1ccnc1NCCOC. The molecule has 0 bridgehead atoms. The van der Waals surface area contributed by atoms with Crippen LogP contribution >= 0.6 is 0 Å². The summed E-state index contributed by atoms with van der Waals surface area (Å²) in [5, 5.41) is 3.28. The number of imidazole rings is 1. The highest BCUT2D eigenvalue weighted by Gasteiger charge is 2.14. The van der Waals surface area contributed by atoms with Crippen molar-refractivity contribution in [1.82, 2.24) is 9.55 Å². The summed E-state index contributed by atoms with van der Waals surface area (Å²) in [7, 11) is 1.70. The van der Waals surface area contributed by atoms with Crippen LogP contribution in [0, 0.1) is 5.92 Å². The fraction of sp³-hybridized carbons (Fsp3) is 0.750. The molecule has 0 saturated carbocycles. The molecule has 16 heavy (non-hydrogen) atoms. The zero-order valence-electron chi connectivity index (χ0n) is 10.7. The lowest BCUT2D eigenvalue weighted by Crippen LogP contribution is -2.18. The normalized spacial score (nSPS) is 14.8. The molecule has 0 aliphatic rings. The van der Waals surface area contributed by atoms with Crippen molar-refractivity contribution in [1.29, 1.82) is 0 Å². The summed E-state index contributed by atoms with van der Waals surface area (Å²) in [5.41, 5.74) is 0. The topological polar surface area (TPSA) is 39.1 Å². The molecule has 1 rings (SSSR count). The number of methoxy groups -OCH3 is 1. The molecule has 0 radical (unpaired) electrons. The van der Waals surface area contributed by atoms with Gasteiger partial charge in [0.05, 0.1) is 6.61 Å². The largest absolute Gasteiger partial charge is 0.383 e. The van der Waals surface area contributed by atoms with Gasteiger partial charge in [-0.2, -0.15) is 0 Å². The Morgan fingerprint density at radius 2 is 2.25 bits per heavy atom. The molecular formula is C12H23N3O. The minimum Gasteiger partial charge on any atom is -0.383 e. The summed E-state index contributed by atoms with van der Waals surface area (Å²) in [5.74, 6) is 1.59. The third-order valence-corrected chi connectivity index (χ3v) is 3.16. The maximum Gasteiger partial charge on any atom is 0.203 e. The monoisotopic (exact) mass is 225 g/mol. The number of ether oxygens (including phenoxy) is 1. The molecule has 1 aromatic rings. The Morgan fingerprint density at radius 1 is 1.50 bits per heavy atom. The number of anilines is 1. The third kappa shape index (κ3) is 3.23. The van der Waals surface area contributed by atoms with Crippen LogP contribution in [0.25, 0.3) is 0 Å². The van der Waals surface area contributed by atoms with Gasteiger partial charge < -0.3 is 14.6 Å². The molecule has 4 heteroatoms. The Morgan fingerprint density at radius 3 is 2.88 bits per heavy atom. The van der Waals surface area contributed by atoms with Gasteiger partial charge in [0.1, 0.15) is 0 Å². The van der Waals surface area contributed by atoms with Gasteiger partial charge in [-0.25, -0.2) is 4.98 Å². The summed E-state index contributed by atoms with van der Waals surface area (Å²) >= 11 is 0. The molecule has 92 valence electrons. The highest BCUT2D eigenvalue weighted by Crippen LogP contribution is 2.23. The first-order chi connectivity index (χ1) is 7.70. The molecule has 0 amide bonds. The van der Waals surface area contributed by atoms with E-state index >= 15 is 0 Å². The molecule has 0 spiro atoms. The molecule has 1 aromatic heterocycles. The predicted octanol–water partition coefficient (Wildman–Crippen LogP) is 2.55. The van der Waals surface area contributed by atoms with Crippen molar-refractivity contribution in [3.63, 3.8) is 0 Å². The molecule has 1 N–H and O–H groups in total. The van der Waals surface area contributed by atoms with Crippen LogP contribution < -0.4 is 5.32 Å². The Labute approximate surface area is 98.0 Å². The first-order valence-electron chi connectivity index (χ1n) is 5.96. The van der Waals surface area contributed by atoms with Crippen molar-refractivity contribution in [2.75, 3.05) is 25.6 Å². The van der Waals surface area contributed by atoms with Crippen LogP contribution in [0.3, 0.4) is 0 Å². The van der Waals surface area contributed by atoms with E-state index < -0.39 is 0 Å². The van der Waals surface area contributed by atoms with E-state index in [0.29, 0.717) is 18.6 Å². The Balaban J connectivity index is 2.62. The molecule has 1 heterocycles. The number of hydrogen-bond donors (Lipinski definition) is 1. The van der Waals surface area contributed by atoms with Gasteiger partial charge in [-0.3, -0.25) is 0 Å². The zero-order valence-corrected chi connectivity index (χ0v) is 10.7. The second kappa shape index (κ2) is 6.53. The van der Waals surface area contributed by atoms with E-state index in [4.69, 9.17) is 4.74 Å². The van der Waals surface area contributed by atoms with E-state index in [1.54, 1.807) is 7.11 Å². The third-order valence-electron chi connectivity index (χ3n) is 3.16. The number of hydrogen-bond acceptors (Lipinski definition) is 3. The second-order valence-electron chi connectivity index (χ2n) is 4.20. The number of aromatic nitrogens is 2. The fourth-order valence-corrected chi connectivity index (χ4v) is 1.66. The van der Waals surface area contributed by atoms with Crippen LogP contribution in [0.1, 0.15) is 33.2 Å². The molecule has 0 aliphatic carbocycles. The van der Waals surface area contributed by atoms with E-state index in [9.17, 15) is 0 Å². The highest BCUT2D eigenvalue weighted by molar-refractivity contribution is 5.26. The van der Waals surface area contributed by atoms with Crippen LogP contribution in [-0.2, 0) is 4.74 Å². The van der Waals surface area contributed by atoms with Gasteiger partial charge in [0, 0.05) is 32.1 Å². The van der Waals surface area contributed by atoms with Crippen molar-refractivity contribution in [3.8, 4) is 0 Å². The first-order valence-corrected chi connectivity index (χ1v) is 5.96. The second-order valence-corrected chi connectivity index (χ2v) is 4.20. The number of nitrogens with zero attached hydrogens (tertiary/aromatic N) is 2. The quantitative estimate of drug-likeness (QED) is 0.725. The summed E-state index contributed by atoms with van der Waals surface area (Å²) in [6, 6.07) is 0.470. The molecular weight excluding hydrogens is 202 g/mol. The van der Waals surface area contributed by atoms with Gasteiger partial charge in [0.15, 0.2) is 0 Å². The van der Waals surface area contributed by atoms with Gasteiger partial charge in [-0.1, -0.05) is 20.3 Å². The summed E-state index contributed by atoms with van der Waals surface area (Å²) in [6.45, 7) is 8.21. The zero-order chi connectivity index (χ0) is 12.0. The van der Waals surface area contributed by atoms with Gasteiger partial charge in [0.2, 0.25) is 5.95 Å². The van der Waals surface area contributed by atoms with Crippen molar-refractivity contribution in [2.45, 2.75) is 33.2 Å². The Kier molecular flexibility index (Phi) is 5.32. The maximum atomic E-state index is 5.01. The highest BCUT2D eigenvalue weighted by atomic mass is 16.5. The lowest BCUT2D eigenvalue weighted by atomic mass is 10.0. The van der Waals surface area contributed by atoms with Crippen molar-refractivity contribution < 1.29 is 4.74 Å². The van der Waals surface area contributed by atoms with Crippen LogP contribution in [-0.4, -0.2) is 29.8 Å². The van der Waals surface area contributed by atoms with E-state index in [-0.39, 0.29) is 0 Å². The molecule has 2 unspecified atom stereocenters. The Bertz CT molecular complexity index is 298. The minimum absolute atomic E-state index is 0.470. The van der Waals surface area contributed by atoms with Crippen LogP contribution in [0.15, 0.2) is 12.4 Å². The van der Waals surface area contributed by atoms with E-state index in [1.807, 2.05) is 12.4 Å². The molecule has 4 nitrogen and oxygen atoms in total. The van der Waals surface area contributed by atoms with Crippen LogP contribution in [0.2, 0.25) is 0 Å². The molecule has 2 atom stereocenters. The number of rotatable bonds is 7. The van der Waals surface area contributed by atoms with Crippen molar-refractivity contribution >= 4 is 5.95 Å². The van der Waals surface area contributed by atoms with Gasteiger partial charge in [-0.05, 0) is 12.8 Å². The standard InChI is InChI=1S/C12H23N3O/c1-5-10(2)11(3)15-8-6-13-12(15)14-7-9-16-4/h6,8,10-11H,5,7,9H2,1-4H3,(H,13,14). The molecule has 0 aromatic carbocycles. The maximum absolute atomic E-state index is 5.01. The van der Waals surface area contributed by atoms with Crippen LogP contribution in [0.4, 0.5) is 5.95 Å². The van der Waals surface area contributed by atoms with Crippen molar-refractivity contribution in [3.05, 3.63) is 12.4 Å². The summed E-state index contributed by atoms with van der Waals surface area (Å²) in [6.07, 6.45) is 5.05. The number of nitrogens with one attached hydrogen (secondary N) is 1. The average molecular weight is 225 g/mol. The molecule has 0 fully saturated rings. The average Bonchev–Trinajstić information content (AvgIpc) is 2.75. The molecule has 0 aliphatic heterocycles. The Hall–Kier alpha value is -1.03. The van der Waals surface area contributed by atoms with E-state index in [0.717, 1.165) is 12.5 Å². The van der Waals surface area contributed by atoms with Gasteiger partial charge in [0.25, 0.3) is 0 Å². The van der Waals surface area contributed by atoms with Crippen molar-refractivity contribution in [2.24, 2.45) is 5.92 Å². The predicted molar refractivity (Wildman–Crippen MR) is 66.8 cm³/mol. The van der Waals surface area contributed by atoms with E-state index in [1.165, 1.54) is 6.42 Å². The van der Waals surface area contributed by atoms with Gasteiger partial charge in [-0.15, -0.1) is 0 Å². The fourth-order valence-electron chi connectivity index (χ4n) is 1.66. The minimum atomic E-state index is 0.470. The smallest absolute Gasteiger partial charge is 0.203 e. The summed E-state index contributed by atoms with van der Waals surface area (Å²) in [4.78, 5) is 4.32. The first kappa shape index (κ1) is 13.0. The lowest BCUT2D eigenvalue weighted by molar-refractivity contribution is 0.210. The lowest BCUT2D eigenvalue weighted by Gasteiger charge is -2.22. The summed E-state index contributed by atoms with van der Waals surface area (Å²) < 4.78 is 7.21. The van der Waals surface area contributed by atoms with Gasteiger partial charge >= 0.3 is 0 Å².